The highest BCUT2D eigenvalue weighted by Gasteiger charge is 2.20. The number of hydrogen-bond donors (Lipinski definition) is 2. The molecular weight excluding hydrogens is 438 g/mol. The van der Waals surface area contributed by atoms with Gasteiger partial charge < -0.3 is 15.5 Å². The Morgan fingerprint density at radius 3 is 2.67 bits per heavy atom. The first-order valence-electron chi connectivity index (χ1n) is 12.3. The fraction of sp³-hybridized carbons (Fsp3) is 0.667. The molecule has 182 valence electrons. The van der Waals surface area contributed by atoms with Gasteiger partial charge in [-0.3, -0.25) is 19.0 Å². The van der Waals surface area contributed by atoms with Gasteiger partial charge in [-0.15, -0.1) is 11.3 Å². The molecule has 2 aromatic rings. The second-order valence-corrected chi connectivity index (χ2v) is 9.74. The molecule has 0 bridgehead atoms. The van der Waals surface area contributed by atoms with Gasteiger partial charge in [0.1, 0.15) is 11.4 Å². The summed E-state index contributed by atoms with van der Waals surface area (Å²) in [5.74, 6) is -0.235. The number of unbranched alkanes of at least 4 members (excludes halogenated alkanes) is 1. The second kappa shape index (κ2) is 12.8. The number of thiophene rings is 1. The van der Waals surface area contributed by atoms with E-state index < -0.39 is 0 Å². The van der Waals surface area contributed by atoms with Gasteiger partial charge in [-0.2, -0.15) is 0 Å². The third-order valence-electron chi connectivity index (χ3n) is 6.18. The van der Waals surface area contributed by atoms with Crippen molar-refractivity contribution >= 4 is 33.4 Å². The minimum atomic E-state index is -0.239. The average Bonchev–Trinajstić information content (AvgIpc) is 3.20. The number of amides is 2. The minimum Gasteiger partial charge on any atom is -0.355 e. The molecule has 33 heavy (non-hydrogen) atoms. The van der Waals surface area contributed by atoms with E-state index >= 15 is 0 Å². The third kappa shape index (κ3) is 7.11. The van der Waals surface area contributed by atoms with Crippen molar-refractivity contribution in [3.8, 4) is 0 Å². The lowest BCUT2D eigenvalue weighted by Crippen LogP contribution is -2.36. The Balaban J connectivity index is 1.38. The van der Waals surface area contributed by atoms with Crippen LogP contribution in [0.2, 0.25) is 0 Å². The third-order valence-corrected chi connectivity index (χ3v) is 7.38. The van der Waals surface area contributed by atoms with Gasteiger partial charge >= 0.3 is 0 Å². The summed E-state index contributed by atoms with van der Waals surface area (Å²) in [6.45, 7) is 8.23. The van der Waals surface area contributed by atoms with Crippen molar-refractivity contribution in [3.63, 3.8) is 0 Å². The number of aromatic nitrogens is 2. The predicted molar refractivity (Wildman–Crippen MR) is 133 cm³/mol. The molecular formula is C24H37N5O3S. The van der Waals surface area contributed by atoms with Crippen LogP contribution >= 0.6 is 11.3 Å². The molecule has 0 aromatic carbocycles. The molecule has 0 unspecified atom stereocenters. The van der Waals surface area contributed by atoms with E-state index in [1.807, 2.05) is 0 Å². The Kier molecular flexibility index (Phi) is 9.87. The van der Waals surface area contributed by atoms with Crippen molar-refractivity contribution in [2.45, 2.75) is 71.8 Å². The van der Waals surface area contributed by atoms with Gasteiger partial charge in [0.2, 0.25) is 11.8 Å². The number of fused-ring (bicyclic) bond motifs is 3. The monoisotopic (exact) mass is 475 g/mol. The van der Waals surface area contributed by atoms with Crippen LogP contribution in [0.5, 0.6) is 0 Å². The van der Waals surface area contributed by atoms with Gasteiger partial charge in [0, 0.05) is 30.9 Å². The van der Waals surface area contributed by atoms with Gasteiger partial charge in [-0.1, -0.05) is 20.3 Å². The Hall–Kier alpha value is -2.26. The maximum atomic E-state index is 12.9. The molecule has 0 saturated heterocycles. The highest BCUT2D eigenvalue weighted by atomic mass is 32.1. The molecule has 1 aliphatic rings. The van der Waals surface area contributed by atoms with Crippen LogP contribution in [-0.4, -0.2) is 59.0 Å². The summed E-state index contributed by atoms with van der Waals surface area (Å²) in [7, 11) is 0. The highest BCUT2D eigenvalue weighted by molar-refractivity contribution is 7.18. The standard InChI is InChI=1S/C24H37N5O3S/c1-3-5-14-28(4-2)15-13-26-20(30)11-8-12-25-21(31)16-29-17-27-23-22(24(29)32)18-9-6-7-10-19(18)33-23/h17H,3-16H2,1-2H3,(H,25,31)(H,26,30). The van der Waals surface area contributed by atoms with Crippen LogP contribution < -0.4 is 16.2 Å². The van der Waals surface area contributed by atoms with E-state index in [2.05, 4.69) is 34.4 Å². The van der Waals surface area contributed by atoms with Crippen LogP contribution in [-0.2, 0) is 29.0 Å². The minimum absolute atomic E-state index is 0.00361. The van der Waals surface area contributed by atoms with Gasteiger partial charge in [-0.05, 0) is 57.2 Å². The largest absolute Gasteiger partial charge is 0.355 e. The molecule has 0 fully saturated rings. The number of carbonyl (C=O) groups excluding carboxylic acids is 2. The Bertz CT molecular complexity index is 1000. The lowest BCUT2D eigenvalue weighted by atomic mass is 9.97. The molecule has 0 spiro atoms. The number of hydrogen-bond acceptors (Lipinski definition) is 6. The van der Waals surface area contributed by atoms with E-state index in [4.69, 9.17) is 0 Å². The summed E-state index contributed by atoms with van der Waals surface area (Å²) in [5.41, 5.74) is 1.00. The number of nitrogens with one attached hydrogen (secondary N) is 2. The van der Waals surface area contributed by atoms with Crippen molar-refractivity contribution < 1.29 is 9.59 Å². The molecule has 2 heterocycles. The molecule has 2 N–H and O–H groups in total. The maximum absolute atomic E-state index is 12.9. The Labute approximate surface area is 199 Å². The normalized spacial score (nSPS) is 13.3. The number of likely N-dealkylation sites (N-methyl/N-ethyl adjacent to an activating group) is 1. The van der Waals surface area contributed by atoms with Crippen LogP contribution in [0.3, 0.4) is 0 Å². The molecule has 3 rings (SSSR count). The number of rotatable bonds is 13. The van der Waals surface area contributed by atoms with Crippen LogP contribution in [0.15, 0.2) is 11.1 Å². The molecule has 9 heteroatoms. The molecule has 0 atom stereocenters. The SMILES string of the molecule is CCCCN(CC)CCNC(=O)CCCNC(=O)Cn1cnc2sc3c(c2c1=O)CCCC3. The number of carbonyl (C=O) groups is 2. The molecule has 1 aliphatic carbocycles. The van der Waals surface area contributed by atoms with E-state index in [0.29, 0.717) is 31.3 Å². The number of nitrogens with zero attached hydrogens (tertiary/aromatic N) is 3. The Morgan fingerprint density at radius 1 is 1.09 bits per heavy atom. The first kappa shape index (κ1) is 25.4. The molecule has 8 nitrogen and oxygen atoms in total. The van der Waals surface area contributed by atoms with Crippen LogP contribution in [0, 0.1) is 0 Å². The molecule has 0 radical (unpaired) electrons. The van der Waals surface area contributed by atoms with Crippen molar-refractivity contribution in [1.82, 2.24) is 25.1 Å². The topological polar surface area (TPSA) is 96.3 Å². The second-order valence-electron chi connectivity index (χ2n) is 8.66. The molecule has 2 amide bonds. The Morgan fingerprint density at radius 2 is 1.88 bits per heavy atom. The first-order valence-corrected chi connectivity index (χ1v) is 13.1. The van der Waals surface area contributed by atoms with E-state index in [9.17, 15) is 14.4 Å². The lowest BCUT2D eigenvalue weighted by molar-refractivity contribution is -0.123. The summed E-state index contributed by atoms with van der Waals surface area (Å²) in [5, 5.41) is 6.46. The van der Waals surface area contributed by atoms with E-state index in [0.717, 1.165) is 55.7 Å². The summed E-state index contributed by atoms with van der Waals surface area (Å²) in [6.07, 6.45) is 8.93. The summed E-state index contributed by atoms with van der Waals surface area (Å²) >= 11 is 1.61. The molecule has 2 aromatic heterocycles. The van der Waals surface area contributed by atoms with E-state index in [-0.39, 0.29) is 23.9 Å². The van der Waals surface area contributed by atoms with Gasteiger partial charge in [0.25, 0.3) is 5.56 Å². The van der Waals surface area contributed by atoms with E-state index in [1.54, 1.807) is 11.3 Å². The number of aryl methyl sites for hydroxylation is 2. The highest BCUT2D eigenvalue weighted by Crippen LogP contribution is 2.33. The first-order chi connectivity index (χ1) is 16.0. The van der Waals surface area contributed by atoms with E-state index in [1.165, 1.54) is 28.6 Å². The van der Waals surface area contributed by atoms with Crippen LogP contribution in [0.4, 0.5) is 0 Å². The molecule has 0 aliphatic heterocycles. The van der Waals surface area contributed by atoms with Gasteiger partial charge in [0.15, 0.2) is 0 Å². The fourth-order valence-corrected chi connectivity index (χ4v) is 5.45. The van der Waals surface area contributed by atoms with Crippen LogP contribution in [0.1, 0.15) is 62.8 Å². The summed E-state index contributed by atoms with van der Waals surface area (Å²) in [6, 6.07) is 0. The summed E-state index contributed by atoms with van der Waals surface area (Å²) < 4.78 is 1.39. The zero-order valence-corrected chi connectivity index (χ0v) is 20.8. The zero-order valence-electron chi connectivity index (χ0n) is 20.0. The smallest absolute Gasteiger partial charge is 0.262 e. The average molecular weight is 476 g/mol. The zero-order chi connectivity index (χ0) is 23.6. The van der Waals surface area contributed by atoms with Crippen molar-refractivity contribution in [3.05, 3.63) is 27.1 Å². The van der Waals surface area contributed by atoms with Crippen molar-refractivity contribution in [1.29, 1.82) is 0 Å². The summed E-state index contributed by atoms with van der Waals surface area (Å²) in [4.78, 5) is 46.1. The lowest BCUT2D eigenvalue weighted by Gasteiger charge is -2.20. The molecule has 0 saturated carbocycles. The maximum Gasteiger partial charge on any atom is 0.262 e. The predicted octanol–water partition coefficient (Wildman–Crippen LogP) is 2.47. The van der Waals surface area contributed by atoms with Crippen molar-refractivity contribution in [2.75, 3.05) is 32.7 Å². The van der Waals surface area contributed by atoms with Crippen LogP contribution in [0.25, 0.3) is 10.2 Å². The van der Waals surface area contributed by atoms with Gasteiger partial charge in [0.05, 0.1) is 11.7 Å². The fourth-order valence-electron chi connectivity index (χ4n) is 4.23. The van der Waals surface area contributed by atoms with Crippen molar-refractivity contribution in [2.24, 2.45) is 0 Å². The van der Waals surface area contributed by atoms with Gasteiger partial charge in [-0.25, -0.2) is 4.98 Å². The quantitative estimate of drug-likeness (QED) is 0.434.